The second kappa shape index (κ2) is 6.78. The Morgan fingerprint density at radius 3 is 2.14 bits per heavy atom. The molecule has 6 nitrogen and oxygen atoms in total. The lowest BCUT2D eigenvalue weighted by Gasteiger charge is -2.10. The van der Waals surface area contributed by atoms with Gasteiger partial charge in [-0.05, 0) is 26.0 Å². The van der Waals surface area contributed by atoms with Crippen LogP contribution in [0.4, 0.5) is 8.78 Å². The first-order valence-electron chi connectivity index (χ1n) is 6.02. The maximum absolute atomic E-state index is 13.1. The van der Waals surface area contributed by atoms with Gasteiger partial charge in [0.1, 0.15) is 0 Å². The third kappa shape index (κ3) is 4.51. The van der Waals surface area contributed by atoms with Crippen LogP contribution in [0.5, 0.6) is 0 Å². The lowest BCUT2D eigenvalue weighted by atomic mass is 10.1. The number of benzene rings is 1. The van der Waals surface area contributed by atoms with Crippen LogP contribution in [-0.2, 0) is 4.79 Å². The molecule has 0 aliphatic heterocycles. The average Bonchev–Trinajstić information content (AvgIpc) is 2.37. The minimum absolute atomic E-state index is 0.132. The van der Waals surface area contributed by atoms with Gasteiger partial charge in [-0.25, -0.2) is 13.6 Å². The van der Waals surface area contributed by atoms with Gasteiger partial charge in [-0.3, -0.25) is 9.59 Å². The van der Waals surface area contributed by atoms with E-state index in [1.807, 2.05) is 0 Å². The fourth-order valence-corrected chi connectivity index (χ4v) is 1.54. The first-order valence-corrected chi connectivity index (χ1v) is 6.02. The average molecular weight is 300 g/mol. The van der Waals surface area contributed by atoms with E-state index < -0.39 is 47.1 Å². The minimum Gasteiger partial charge on any atom is -0.478 e. The zero-order valence-electron chi connectivity index (χ0n) is 11.4. The molecule has 0 heterocycles. The Labute approximate surface area is 119 Å². The van der Waals surface area contributed by atoms with E-state index in [9.17, 15) is 23.2 Å². The van der Waals surface area contributed by atoms with Gasteiger partial charge in [-0.1, -0.05) is 0 Å². The van der Waals surface area contributed by atoms with Crippen LogP contribution in [-0.4, -0.2) is 35.5 Å². The van der Waals surface area contributed by atoms with Crippen LogP contribution in [0.25, 0.3) is 0 Å². The van der Waals surface area contributed by atoms with E-state index in [4.69, 9.17) is 5.11 Å². The van der Waals surface area contributed by atoms with Crippen LogP contribution in [0.3, 0.4) is 0 Å². The molecule has 0 aromatic heterocycles. The van der Waals surface area contributed by atoms with Crippen molar-refractivity contribution in [3.8, 4) is 0 Å². The van der Waals surface area contributed by atoms with Crippen molar-refractivity contribution in [2.24, 2.45) is 0 Å². The fraction of sp³-hybridized carbons (Fsp3) is 0.308. The van der Waals surface area contributed by atoms with E-state index in [1.165, 1.54) is 0 Å². The molecular weight excluding hydrogens is 286 g/mol. The van der Waals surface area contributed by atoms with Gasteiger partial charge in [0.15, 0.2) is 11.6 Å². The second-order valence-corrected chi connectivity index (χ2v) is 4.52. The first-order chi connectivity index (χ1) is 9.72. The van der Waals surface area contributed by atoms with E-state index in [2.05, 4.69) is 10.6 Å². The molecule has 0 aliphatic rings. The highest BCUT2D eigenvalue weighted by Crippen LogP contribution is 2.15. The normalized spacial score (nSPS) is 10.3. The van der Waals surface area contributed by atoms with Crippen LogP contribution in [0.15, 0.2) is 12.1 Å². The minimum atomic E-state index is -1.58. The third-order valence-electron chi connectivity index (χ3n) is 2.39. The van der Waals surface area contributed by atoms with Gasteiger partial charge in [-0.2, -0.15) is 0 Å². The van der Waals surface area contributed by atoms with E-state index >= 15 is 0 Å². The molecule has 2 amide bonds. The molecule has 0 fully saturated rings. The molecule has 0 bridgehead atoms. The summed E-state index contributed by atoms with van der Waals surface area (Å²) in [5, 5.41) is 13.5. The number of aromatic carboxylic acids is 1. The van der Waals surface area contributed by atoms with Crippen molar-refractivity contribution in [2.75, 3.05) is 6.54 Å². The zero-order chi connectivity index (χ0) is 16.2. The van der Waals surface area contributed by atoms with E-state index in [1.54, 1.807) is 13.8 Å². The molecule has 0 spiro atoms. The van der Waals surface area contributed by atoms with E-state index in [-0.39, 0.29) is 6.04 Å². The van der Waals surface area contributed by atoms with Crippen molar-refractivity contribution in [2.45, 2.75) is 19.9 Å². The van der Waals surface area contributed by atoms with Crippen molar-refractivity contribution >= 4 is 17.8 Å². The summed E-state index contributed by atoms with van der Waals surface area (Å²) in [6.07, 6.45) is 0. The van der Waals surface area contributed by atoms with Crippen LogP contribution in [0, 0.1) is 11.6 Å². The highest BCUT2D eigenvalue weighted by Gasteiger charge is 2.20. The number of nitrogens with one attached hydrogen (secondary N) is 2. The number of carboxylic acids is 1. The predicted molar refractivity (Wildman–Crippen MR) is 68.9 cm³/mol. The number of hydrogen-bond acceptors (Lipinski definition) is 3. The van der Waals surface area contributed by atoms with Gasteiger partial charge in [0.2, 0.25) is 5.91 Å². The van der Waals surface area contributed by atoms with Gasteiger partial charge in [0, 0.05) is 6.04 Å². The van der Waals surface area contributed by atoms with Crippen molar-refractivity contribution in [1.82, 2.24) is 10.6 Å². The van der Waals surface area contributed by atoms with Gasteiger partial charge >= 0.3 is 5.97 Å². The van der Waals surface area contributed by atoms with Crippen molar-refractivity contribution in [1.29, 1.82) is 0 Å². The van der Waals surface area contributed by atoms with Crippen LogP contribution in [0.2, 0.25) is 0 Å². The number of amides is 2. The predicted octanol–water partition coefficient (Wildman–Crippen LogP) is 0.917. The number of carboxylic acid groups (broad SMARTS) is 1. The lowest BCUT2D eigenvalue weighted by molar-refractivity contribution is -0.120. The summed E-state index contributed by atoms with van der Waals surface area (Å²) in [7, 11) is 0. The Bertz CT molecular complexity index is 588. The van der Waals surface area contributed by atoms with Crippen LogP contribution < -0.4 is 10.6 Å². The number of carbonyl (C=O) groups excluding carboxylic acids is 2. The molecule has 1 rings (SSSR count). The Hall–Kier alpha value is -2.51. The first kappa shape index (κ1) is 16.5. The fourth-order valence-electron chi connectivity index (χ4n) is 1.54. The van der Waals surface area contributed by atoms with Crippen molar-refractivity contribution in [3.63, 3.8) is 0 Å². The second-order valence-electron chi connectivity index (χ2n) is 4.52. The number of rotatable bonds is 5. The standard InChI is InChI=1S/C13H14F2N2O4/c1-6(2)17-11(18)5-16-12(19)7-3-9(14)10(15)4-8(7)13(20)21/h3-4,6H,5H2,1-2H3,(H,16,19)(H,17,18)(H,20,21). The number of halogens is 2. The van der Waals surface area contributed by atoms with Gasteiger partial charge < -0.3 is 15.7 Å². The van der Waals surface area contributed by atoms with E-state index in [0.29, 0.717) is 12.1 Å². The summed E-state index contributed by atoms with van der Waals surface area (Å²) in [6.45, 7) is 3.03. The zero-order valence-corrected chi connectivity index (χ0v) is 11.4. The Balaban J connectivity index is 2.90. The Morgan fingerprint density at radius 1 is 1.14 bits per heavy atom. The maximum Gasteiger partial charge on any atom is 0.336 e. The molecule has 0 saturated heterocycles. The number of hydrogen-bond donors (Lipinski definition) is 3. The molecule has 0 saturated carbocycles. The highest BCUT2D eigenvalue weighted by atomic mass is 19.2. The van der Waals surface area contributed by atoms with Gasteiger partial charge in [0.25, 0.3) is 5.91 Å². The topological polar surface area (TPSA) is 95.5 Å². The molecule has 3 N–H and O–H groups in total. The molecule has 0 unspecified atom stereocenters. The molecule has 8 heteroatoms. The third-order valence-corrected chi connectivity index (χ3v) is 2.39. The monoisotopic (exact) mass is 300 g/mol. The van der Waals surface area contributed by atoms with Crippen LogP contribution >= 0.6 is 0 Å². The molecule has 21 heavy (non-hydrogen) atoms. The van der Waals surface area contributed by atoms with Gasteiger partial charge in [0.05, 0.1) is 17.7 Å². The van der Waals surface area contributed by atoms with Gasteiger partial charge in [-0.15, -0.1) is 0 Å². The maximum atomic E-state index is 13.1. The molecular formula is C13H14F2N2O4. The van der Waals surface area contributed by atoms with Crippen molar-refractivity contribution < 1.29 is 28.3 Å². The summed E-state index contributed by atoms with van der Waals surface area (Å²) in [5.41, 5.74) is -1.24. The summed E-state index contributed by atoms with van der Waals surface area (Å²) in [6, 6.07) is 0.766. The van der Waals surface area contributed by atoms with Crippen molar-refractivity contribution in [3.05, 3.63) is 34.9 Å². The summed E-state index contributed by atoms with van der Waals surface area (Å²) < 4.78 is 26.1. The number of carbonyl (C=O) groups is 3. The molecule has 0 radical (unpaired) electrons. The molecule has 1 aromatic carbocycles. The SMILES string of the molecule is CC(C)NC(=O)CNC(=O)c1cc(F)c(F)cc1C(=O)O. The molecule has 1 aromatic rings. The molecule has 114 valence electrons. The molecule has 0 aliphatic carbocycles. The molecule has 0 atom stereocenters. The summed E-state index contributed by atoms with van der Waals surface area (Å²) in [5.74, 6) is -5.77. The van der Waals surface area contributed by atoms with E-state index in [0.717, 1.165) is 0 Å². The summed E-state index contributed by atoms with van der Waals surface area (Å²) >= 11 is 0. The smallest absolute Gasteiger partial charge is 0.336 e. The summed E-state index contributed by atoms with van der Waals surface area (Å²) in [4.78, 5) is 34.1. The largest absolute Gasteiger partial charge is 0.478 e. The lowest BCUT2D eigenvalue weighted by Crippen LogP contribution is -2.40. The highest BCUT2D eigenvalue weighted by molar-refractivity contribution is 6.05. The quantitative estimate of drug-likeness (QED) is 0.753. The van der Waals surface area contributed by atoms with Crippen LogP contribution in [0.1, 0.15) is 34.6 Å². The Morgan fingerprint density at radius 2 is 1.67 bits per heavy atom. The Kier molecular flexibility index (Phi) is 5.34.